The maximum absolute atomic E-state index is 13.9. The molecule has 0 aliphatic rings. The third-order valence-corrected chi connectivity index (χ3v) is 8.33. The maximum atomic E-state index is 13.9. The van der Waals surface area contributed by atoms with Crippen LogP contribution in [-0.4, -0.2) is 16.7 Å². The molecule has 0 spiro atoms. The van der Waals surface area contributed by atoms with Gasteiger partial charge in [-0.05, 0) is 12.1 Å². The zero-order chi connectivity index (χ0) is 16.8. The summed E-state index contributed by atoms with van der Waals surface area (Å²) in [5, 5.41) is 12.2. The van der Waals surface area contributed by atoms with E-state index in [4.69, 9.17) is 0 Å². The van der Waals surface area contributed by atoms with Crippen molar-refractivity contribution in [2.24, 2.45) is 0 Å². The monoisotopic (exact) mass is 354 g/mol. The van der Waals surface area contributed by atoms with E-state index in [1.54, 1.807) is 0 Å². The Kier molecular flexibility index (Phi) is 5.57. The summed E-state index contributed by atoms with van der Waals surface area (Å²) in [6.45, 7) is 0. The second-order valence-electron chi connectivity index (χ2n) is 5.43. The van der Waals surface area contributed by atoms with Crippen molar-refractivity contribution in [3.8, 4) is 0 Å². The molecule has 0 heterocycles. The second-order valence-corrected chi connectivity index (χ2v) is 9.47. The molecule has 0 saturated heterocycles. The summed E-state index contributed by atoms with van der Waals surface area (Å²) in [7, 11) is -3.12. The number of aliphatic hydroxyl groups is 1. The van der Waals surface area contributed by atoms with Crippen molar-refractivity contribution in [3.05, 3.63) is 91.0 Å². The van der Waals surface area contributed by atoms with Crippen molar-refractivity contribution < 1.29 is 9.67 Å². The number of benzene rings is 3. The first kappa shape index (κ1) is 17.0. The molecule has 0 saturated carbocycles. The number of thioether (sulfide) groups is 1. The Labute approximate surface area is 146 Å². The highest BCUT2D eigenvalue weighted by Gasteiger charge is 2.35. The molecule has 0 aromatic heterocycles. The molecule has 3 rings (SSSR count). The molecule has 0 aliphatic heterocycles. The molecule has 0 bridgehead atoms. The fraction of sp³-hybridized carbons (Fsp3) is 0.100. The van der Waals surface area contributed by atoms with E-state index >= 15 is 0 Å². The molecule has 1 atom stereocenters. The summed E-state index contributed by atoms with van der Waals surface area (Å²) >= 11 is 1.52. The van der Waals surface area contributed by atoms with Gasteiger partial charge in [-0.2, -0.15) is 0 Å². The molecule has 0 fully saturated rings. The molecule has 3 aromatic rings. The molecule has 3 aromatic carbocycles. The van der Waals surface area contributed by atoms with Crippen LogP contribution in [0.2, 0.25) is 0 Å². The summed E-state index contributed by atoms with van der Waals surface area (Å²) in [6, 6.07) is 28.5. The van der Waals surface area contributed by atoms with Gasteiger partial charge in [0.25, 0.3) is 0 Å². The Hall–Kier alpha value is -1.80. The van der Waals surface area contributed by atoms with Crippen molar-refractivity contribution in [2.45, 2.75) is 10.7 Å². The van der Waals surface area contributed by atoms with E-state index in [1.165, 1.54) is 11.8 Å². The van der Waals surface area contributed by atoms with Crippen LogP contribution in [0.3, 0.4) is 0 Å². The first-order chi connectivity index (χ1) is 11.7. The molecule has 2 nitrogen and oxygen atoms in total. The van der Waals surface area contributed by atoms with Crippen LogP contribution in [-0.2, 0) is 4.57 Å². The normalized spacial score (nSPS) is 12.7. The lowest BCUT2D eigenvalue weighted by molar-refractivity contribution is 0.275. The summed E-state index contributed by atoms with van der Waals surface area (Å²) in [4.78, 5) is 1.06. The van der Waals surface area contributed by atoms with E-state index in [0.717, 1.165) is 4.90 Å². The van der Waals surface area contributed by atoms with E-state index in [-0.39, 0.29) is 0 Å². The smallest absolute Gasteiger partial charge is 0.171 e. The maximum Gasteiger partial charge on any atom is 0.171 e. The van der Waals surface area contributed by atoms with Crippen LogP contribution >= 0.6 is 18.9 Å². The third-order valence-electron chi connectivity index (χ3n) is 3.84. The van der Waals surface area contributed by atoms with Crippen molar-refractivity contribution >= 4 is 29.5 Å². The Morgan fingerprint density at radius 2 is 1.17 bits per heavy atom. The van der Waals surface area contributed by atoms with Crippen LogP contribution in [0.5, 0.6) is 0 Å². The molecule has 0 amide bonds. The predicted octanol–water partition coefficient (Wildman–Crippen LogP) is 4.11. The van der Waals surface area contributed by atoms with Gasteiger partial charge in [0, 0.05) is 21.3 Å². The minimum Gasteiger partial charge on any atom is -0.384 e. The lowest BCUT2D eigenvalue weighted by atomic mass is 10.4. The van der Waals surface area contributed by atoms with E-state index in [1.807, 2.05) is 91.0 Å². The van der Waals surface area contributed by atoms with Crippen molar-refractivity contribution in [3.63, 3.8) is 0 Å². The summed E-state index contributed by atoms with van der Waals surface area (Å²) in [5.41, 5.74) is 0. The van der Waals surface area contributed by atoms with E-state index in [9.17, 15) is 9.67 Å². The first-order valence-electron chi connectivity index (χ1n) is 7.78. The highest BCUT2D eigenvalue weighted by atomic mass is 32.2. The van der Waals surface area contributed by atoms with E-state index < -0.39 is 13.0 Å². The van der Waals surface area contributed by atoms with E-state index in [2.05, 4.69) is 0 Å². The molecule has 1 N–H and O–H groups in total. The first-order valence-corrected chi connectivity index (χ1v) is 10.5. The van der Waals surface area contributed by atoms with E-state index in [0.29, 0.717) is 16.4 Å². The third kappa shape index (κ3) is 3.64. The van der Waals surface area contributed by atoms with Gasteiger partial charge >= 0.3 is 0 Å². The lowest BCUT2D eigenvalue weighted by Gasteiger charge is -2.24. The fourth-order valence-electron chi connectivity index (χ4n) is 2.58. The van der Waals surface area contributed by atoms with Gasteiger partial charge < -0.3 is 9.67 Å². The number of rotatable bonds is 6. The molecule has 0 aliphatic carbocycles. The van der Waals surface area contributed by atoms with Gasteiger partial charge in [-0.25, -0.2) is 0 Å². The van der Waals surface area contributed by atoms with Crippen molar-refractivity contribution in [1.82, 2.24) is 0 Å². The molecule has 24 heavy (non-hydrogen) atoms. The van der Waals surface area contributed by atoms with Crippen molar-refractivity contribution in [2.75, 3.05) is 5.75 Å². The molecular weight excluding hydrogens is 335 g/mol. The number of aliphatic hydroxyl groups excluding tert-OH is 1. The highest BCUT2D eigenvalue weighted by Crippen LogP contribution is 2.48. The summed E-state index contributed by atoms with van der Waals surface area (Å²) in [5.74, 6) is -0.557. The van der Waals surface area contributed by atoms with Crippen LogP contribution in [0.15, 0.2) is 95.9 Å². The highest BCUT2D eigenvalue weighted by molar-refractivity contribution is 8.00. The largest absolute Gasteiger partial charge is 0.384 e. The molecular formula is C20H19O2PS. The minimum atomic E-state index is -3.12. The second kappa shape index (κ2) is 7.85. The number of hydrogen-bond acceptors (Lipinski definition) is 3. The molecule has 122 valence electrons. The Balaban J connectivity index is 1.92. The zero-order valence-electron chi connectivity index (χ0n) is 13.2. The van der Waals surface area contributed by atoms with Crippen molar-refractivity contribution in [1.29, 1.82) is 0 Å². The van der Waals surface area contributed by atoms with Crippen LogP contribution < -0.4 is 10.6 Å². The SMILES string of the molecule is O=P(c1ccccc1)(c1ccccc1)C(O)CSc1ccccc1. The van der Waals surface area contributed by atoms with Crippen LogP contribution in [0, 0.1) is 0 Å². The molecule has 1 unspecified atom stereocenters. The van der Waals surface area contributed by atoms with Gasteiger partial charge in [0.1, 0.15) is 5.85 Å². The minimum absolute atomic E-state index is 0.380. The number of hydrogen-bond donors (Lipinski definition) is 1. The van der Waals surface area contributed by atoms with Crippen LogP contribution in [0.1, 0.15) is 0 Å². The average molecular weight is 354 g/mol. The lowest BCUT2D eigenvalue weighted by Crippen LogP contribution is -2.27. The summed E-state index contributed by atoms with van der Waals surface area (Å²) in [6.07, 6.45) is 0. The Morgan fingerprint density at radius 3 is 1.62 bits per heavy atom. The summed E-state index contributed by atoms with van der Waals surface area (Å²) < 4.78 is 13.9. The predicted molar refractivity (Wildman–Crippen MR) is 103 cm³/mol. The van der Waals surface area contributed by atoms with Gasteiger partial charge in [-0.1, -0.05) is 78.9 Å². The molecule has 4 heteroatoms. The zero-order valence-corrected chi connectivity index (χ0v) is 14.9. The average Bonchev–Trinajstić information content (AvgIpc) is 2.67. The van der Waals surface area contributed by atoms with Gasteiger partial charge in [0.2, 0.25) is 0 Å². The Bertz CT molecular complexity index is 763. The van der Waals surface area contributed by atoms with Gasteiger partial charge in [-0.15, -0.1) is 11.8 Å². The van der Waals surface area contributed by atoms with Gasteiger partial charge in [-0.3, -0.25) is 0 Å². The Morgan fingerprint density at radius 1 is 0.750 bits per heavy atom. The fourth-order valence-corrected chi connectivity index (χ4v) is 6.56. The molecule has 0 radical (unpaired) electrons. The van der Waals surface area contributed by atoms with Gasteiger partial charge in [0.05, 0.1) is 0 Å². The standard InChI is InChI=1S/C20H19O2PS/c21-20(16-24-19-14-8-3-9-15-19)23(22,17-10-4-1-5-11-17)18-12-6-2-7-13-18/h1-15,20-21H,16H2. The topological polar surface area (TPSA) is 37.3 Å². The van der Waals surface area contributed by atoms with Gasteiger partial charge in [0.15, 0.2) is 7.14 Å². The van der Waals surface area contributed by atoms with Crippen LogP contribution in [0.25, 0.3) is 0 Å². The van der Waals surface area contributed by atoms with Crippen LogP contribution in [0.4, 0.5) is 0 Å². The quantitative estimate of drug-likeness (QED) is 0.535.